The van der Waals surface area contributed by atoms with Gasteiger partial charge in [0, 0.05) is 16.0 Å². The molecule has 1 heterocycles. The van der Waals surface area contributed by atoms with Gasteiger partial charge in [0.1, 0.15) is 0 Å². The van der Waals surface area contributed by atoms with Gasteiger partial charge in [-0.2, -0.15) is 18.3 Å². The van der Waals surface area contributed by atoms with Gasteiger partial charge >= 0.3 is 12.1 Å². The highest BCUT2D eigenvalue weighted by atomic mass is 35.5. The van der Waals surface area contributed by atoms with Crippen molar-refractivity contribution in [1.29, 1.82) is 0 Å². The maximum Gasteiger partial charge on any atom is 0.416 e. The average molecular weight is 431 g/mol. The number of aryl methyl sites for hydroxylation is 1. The predicted molar refractivity (Wildman–Crippen MR) is 102 cm³/mol. The fourth-order valence-electron chi connectivity index (χ4n) is 2.56. The molecule has 0 spiro atoms. The summed E-state index contributed by atoms with van der Waals surface area (Å²) in [6, 6.07) is 11.1. The van der Waals surface area contributed by atoms with Gasteiger partial charge in [-0.1, -0.05) is 24.3 Å². The Hall–Kier alpha value is -2.52. The lowest BCUT2D eigenvalue weighted by Crippen LogP contribution is -2.26. The molecule has 3 aromatic rings. The number of fused-ring (bicyclic) bond motifs is 1. The Balaban J connectivity index is 0.00000280. The lowest BCUT2D eigenvalue weighted by molar-refractivity contribution is -0.137. The van der Waals surface area contributed by atoms with E-state index in [0.29, 0.717) is 4.90 Å². The zero-order valence-electron chi connectivity index (χ0n) is 14.1. The molecule has 0 saturated carbocycles. The molecular weight excluding hydrogens is 417 g/mol. The number of nitrogens with zero attached hydrogens (tertiary/aromatic N) is 2. The van der Waals surface area contributed by atoms with Gasteiger partial charge in [-0.3, -0.25) is 4.79 Å². The van der Waals surface area contributed by atoms with Gasteiger partial charge in [-0.05, 0) is 24.3 Å². The Morgan fingerprint density at radius 1 is 1.11 bits per heavy atom. The normalized spacial score (nSPS) is 11.2. The number of carbonyl (C=O) groups is 1. The van der Waals surface area contributed by atoms with Crippen molar-refractivity contribution in [2.45, 2.75) is 17.6 Å². The van der Waals surface area contributed by atoms with Gasteiger partial charge in [-0.15, -0.1) is 24.2 Å². The molecule has 5 nitrogen and oxygen atoms in total. The molecular formula is C18H14ClF3N2O3S. The van der Waals surface area contributed by atoms with Crippen LogP contribution in [0, 0.1) is 0 Å². The molecule has 0 atom stereocenters. The molecule has 1 N–H and O–H groups in total. The van der Waals surface area contributed by atoms with Crippen LogP contribution in [0.5, 0.6) is 0 Å². The molecule has 28 heavy (non-hydrogen) atoms. The lowest BCUT2D eigenvalue weighted by atomic mass is 10.1. The molecule has 3 rings (SSSR count). The number of aromatic carboxylic acids is 1. The number of rotatable bonds is 5. The van der Waals surface area contributed by atoms with E-state index in [2.05, 4.69) is 5.10 Å². The van der Waals surface area contributed by atoms with Crippen molar-refractivity contribution in [2.75, 3.05) is 5.75 Å². The lowest BCUT2D eigenvalue weighted by Gasteiger charge is -2.10. The highest BCUT2D eigenvalue weighted by Gasteiger charge is 2.30. The summed E-state index contributed by atoms with van der Waals surface area (Å²) in [4.78, 5) is 24.3. The average Bonchev–Trinajstić information content (AvgIpc) is 2.63. The minimum absolute atomic E-state index is 0. The third-order valence-corrected chi connectivity index (χ3v) is 4.78. The van der Waals surface area contributed by atoms with Crippen LogP contribution in [0.15, 0.2) is 58.2 Å². The number of hydrogen-bond donors (Lipinski definition) is 1. The van der Waals surface area contributed by atoms with E-state index in [9.17, 15) is 27.9 Å². The van der Waals surface area contributed by atoms with Gasteiger partial charge < -0.3 is 5.11 Å². The molecule has 0 saturated heterocycles. The number of benzene rings is 2. The first-order valence-electron chi connectivity index (χ1n) is 7.80. The molecule has 0 radical (unpaired) electrons. The van der Waals surface area contributed by atoms with Crippen molar-refractivity contribution in [3.63, 3.8) is 0 Å². The third kappa shape index (κ3) is 4.66. The van der Waals surface area contributed by atoms with Gasteiger partial charge in [0.25, 0.3) is 5.56 Å². The zero-order chi connectivity index (χ0) is 19.6. The van der Waals surface area contributed by atoms with Crippen molar-refractivity contribution < 1.29 is 23.1 Å². The molecule has 0 aliphatic heterocycles. The van der Waals surface area contributed by atoms with E-state index in [1.54, 1.807) is 18.2 Å². The standard InChI is InChI=1S/C18H13F3N2O3S.ClH/c19-18(20,21)11-4-3-5-12(10-11)27-9-8-23-16(24)14-7-2-1-6-13(14)15(22-23)17(25)26;/h1-7,10H,8-9H2,(H,25,26);1H. The molecule has 1 aromatic heterocycles. The SMILES string of the molecule is Cl.O=C(O)c1nn(CCSc2cccc(C(F)(F)F)c2)c(=O)c2ccccc12. The van der Waals surface area contributed by atoms with Crippen LogP contribution in [0.3, 0.4) is 0 Å². The van der Waals surface area contributed by atoms with E-state index in [1.165, 1.54) is 18.2 Å². The van der Waals surface area contributed by atoms with E-state index in [-0.39, 0.29) is 41.2 Å². The molecule has 148 valence electrons. The van der Waals surface area contributed by atoms with Crippen molar-refractivity contribution >= 4 is 40.9 Å². The van der Waals surface area contributed by atoms with Crippen molar-refractivity contribution in [1.82, 2.24) is 9.78 Å². The predicted octanol–water partition coefficient (Wildman–Crippen LogP) is 4.33. The Labute approximate surface area is 167 Å². The zero-order valence-corrected chi connectivity index (χ0v) is 15.8. The van der Waals surface area contributed by atoms with Gasteiger partial charge in [-0.25, -0.2) is 9.48 Å². The Kier molecular flexibility index (Phi) is 6.73. The summed E-state index contributed by atoms with van der Waals surface area (Å²) in [6.45, 7) is 0.0604. The van der Waals surface area contributed by atoms with Crippen LogP contribution in [0.25, 0.3) is 10.8 Å². The molecule has 0 fully saturated rings. The van der Waals surface area contributed by atoms with Gasteiger partial charge in [0.15, 0.2) is 5.69 Å². The highest BCUT2D eigenvalue weighted by Crippen LogP contribution is 2.31. The Bertz CT molecular complexity index is 1070. The van der Waals surface area contributed by atoms with Crippen molar-refractivity contribution in [2.24, 2.45) is 0 Å². The Morgan fingerprint density at radius 2 is 1.79 bits per heavy atom. The van der Waals surface area contributed by atoms with Crippen LogP contribution in [0.2, 0.25) is 0 Å². The third-order valence-electron chi connectivity index (χ3n) is 3.80. The summed E-state index contributed by atoms with van der Waals surface area (Å²) >= 11 is 1.13. The summed E-state index contributed by atoms with van der Waals surface area (Å²) in [5.41, 5.74) is -1.43. The molecule has 10 heteroatoms. The number of aromatic nitrogens is 2. The smallest absolute Gasteiger partial charge is 0.416 e. The Morgan fingerprint density at radius 3 is 2.43 bits per heavy atom. The minimum Gasteiger partial charge on any atom is -0.476 e. The van der Waals surface area contributed by atoms with E-state index in [1.807, 2.05) is 0 Å². The summed E-state index contributed by atoms with van der Waals surface area (Å²) in [5.74, 6) is -1.00. The quantitative estimate of drug-likeness (QED) is 0.610. The van der Waals surface area contributed by atoms with Crippen LogP contribution in [0.1, 0.15) is 16.1 Å². The molecule has 0 unspecified atom stereocenters. The molecule has 0 amide bonds. The molecule has 0 bridgehead atoms. The van der Waals surface area contributed by atoms with E-state index < -0.39 is 23.3 Å². The summed E-state index contributed by atoms with van der Waals surface area (Å²) < 4.78 is 39.3. The number of carboxylic acid groups (broad SMARTS) is 1. The topological polar surface area (TPSA) is 72.2 Å². The summed E-state index contributed by atoms with van der Waals surface area (Å²) in [6.07, 6.45) is -4.43. The second kappa shape index (κ2) is 8.66. The summed E-state index contributed by atoms with van der Waals surface area (Å²) in [7, 11) is 0. The van der Waals surface area contributed by atoms with Gasteiger partial charge in [0.2, 0.25) is 0 Å². The fourth-order valence-corrected chi connectivity index (χ4v) is 3.44. The van der Waals surface area contributed by atoms with Crippen molar-refractivity contribution in [3.05, 3.63) is 70.1 Å². The summed E-state index contributed by atoms with van der Waals surface area (Å²) in [5, 5.41) is 13.7. The van der Waals surface area contributed by atoms with E-state index in [4.69, 9.17) is 0 Å². The second-order valence-corrected chi connectivity index (χ2v) is 6.77. The first kappa shape index (κ1) is 21.8. The number of alkyl halides is 3. The van der Waals surface area contributed by atoms with Crippen LogP contribution in [-0.2, 0) is 12.7 Å². The van der Waals surface area contributed by atoms with Crippen molar-refractivity contribution in [3.8, 4) is 0 Å². The number of carboxylic acids is 1. The molecule has 0 aliphatic rings. The molecule has 0 aliphatic carbocycles. The minimum atomic E-state index is -4.43. The number of thioether (sulfide) groups is 1. The number of halogens is 4. The second-order valence-electron chi connectivity index (χ2n) is 5.60. The maximum absolute atomic E-state index is 12.8. The first-order chi connectivity index (χ1) is 12.8. The maximum atomic E-state index is 12.8. The number of hydrogen-bond acceptors (Lipinski definition) is 4. The van der Waals surface area contributed by atoms with Crippen LogP contribution >= 0.6 is 24.2 Å². The van der Waals surface area contributed by atoms with E-state index >= 15 is 0 Å². The fraction of sp³-hybridized carbons (Fsp3) is 0.167. The monoisotopic (exact) mass is 430 g/mol. The van der Waals surface area contributed by atoms with Crippen LogP contribution in [-0.4, -0.2) is 26.6 Å². The van der Waals surface area contributed by atoms with Crippen LogP contribution < -0.4 is 5.56 Å². The van der Waals surface area contributed by atoms with Gasteiger partial charge in [0.05, 0.1) is 17.5 Å². The molecule has 2 aromatic carbocycles. The highest BCUT2D eigenvalue weighted by molar-refractivity contribution is 7.99. The van der Waals surface area contributed by atoms with E-state index in [0.717, 1.165) is 28.6 Å². The van der Waals surface area contributed by atoms with Crippen LogP contribution in [0.4, 0.5) is 13.2 Å². The largest absolute Gasteiger partial charge is 0.476 e. The first-order valence-corrected chi connectivity index (χ1v) is 8.79.